The lowest BCUT2D eigenvalue weighted by Crippen LogP contribution is -2.45. The SMILES string of the molecule is CCCCCCCCCCCCCCCCCCCCCCCCCCC(O)C(CO)NC(=O)CCCCCCC. The van der Waals surface area contributed by atoms with E-state index in [1.54, 1.807) is 0 Å². The zero-order valence-electron chi connectivity index (χ0n) is 28.1. The summed E-state index contributed by atoms with van der Waals surface area (Å²) in [5.74, 6) is -0.0424. The van der Waals surface area contributed by atoms with E-state index in [-0.39, 0.29) is 12.5 Å². The molecule has 0 aliphatic heterocycles. The average Bonchev–Trinajstić information content (AvgIpc) is 2.97. The van der Waals surface area contributed by atoms with E-state index in [0.717, 1.165) is 25.7 Å². The van der Waals surface area contributed by atoms with Crippen molar-refractivity contribution in [1.82, 2.24) is 5.32 Å². The lowest BCUT2D eigenvalue weighted by molar-refractivity contribution is -0.123. The molecule has 0 spiro atoms. The molecule has 3 N–H and O–H groups in total. The van der Waals surface area contributed by atoms with Gasteiger partial charge in [-0.15, -0.1) is 0 Å². The molecule has 0 bridgehead atoms. The molecule has 4 heteroatoms. The highest BCUT2D eigenvalue weighted by atomic mass is 16.3. The monoisotopic (exact) mass is 582 g/mol. The fourth-order valence-corrected chi connectivity index (χ4v) is 5.95. The second-order valence-electron chi connectivity index (χ2n) is 13.0. The van der Waals surface area contributed by atoms with Gasteiger partial charge < -0.3 is 15.5 Å². The Morgan fingerprint density at radius 1 is 0.488 bits per heavy atom. The number of amides is 1. The molecule has 0 saturated carbocycles. The van der Waals surface area contributed by atoms with Gasteiger partial charge in [-0.2, -0.15) is 0 Å². The van der Waals surface area contributed by atoms with Gasteiger partial charge >= 0.3 is 0 Å². The number of aliphatic hydroxyl groups is 2. The third kappa shape index (κ3) is 30.6. The molecule has 0 aliphatic rings. The second kappa shape index (κ2) is 33.9. The van der Waals surface area contributed by atoms with Crippen molar-refractivity contribution >= 4 is 5.91 Å². The van der Waals surface area contributed by atoms with Gasteiger partial charge in [-0.05, 0) is 12.8 Å². The van der Waals surface area contributed by atoms with E-state index in [2.05, 4.69) is 19.2 Å². The van der Waals surface area contributed by atoms with Crippen LogP contribution >= 0.6 is 0 Å². The first-order chi connectivity index (χ1) is 20.2. The molecule has 246 valence electrons. The molecule has 41 heavy (non-hydrogen) atoms. The zero-order chi connectivity index (χ0) is 30.1. The normalized spacial score (nSPS) is 13.0. The number of nitrogens with one attached hydrogen (secondary N) is 1. The number of hydrogen-bond donors (Lipinski definition) is 3. The first kappa shape index (κ1) is 40.4. The van der Waals surface area contributed by atoms with Crippen molar-refractivity contribution in [2.45, 2.75) is 225 Å². The lowest BCUT2D eigenvalue weighted by atomic mass is 10.0. The van der Waals surface area contributed by atoms with E-state index in [1.165, 1.54) is 161 Å². The molecule has 2 unspecified atom stereocenters. The maximum Gasteiger partial charge on any atom is 0.220 e. The lowest BCUT2D eigenvalue weighted by Gasteiger charge is -2.22. The van der Waals surface area contributed by atoms with Crippen LogP contribution in [0.25, 0.3) is 0 Å². The molecule has 0 heterocycles. The van der Waals surface area contributed by atoms with Crippen molar-refractivity contribution in [3.05, 3.63) is 0 Å². The summed E-state index contributed by atoms with van der Waals surface area (Å²) < 4.78 is 0. The average molecular weight is 582 g/mol. The molecule has 2 atom stereocenters. The standard InChI is InChI=1S/C37H75NO3/c1-3-5-7-9-10-11-12-13-14-15-16-17-18-19-20-21-22-23-24-25-26-27-29-30-32-36(40)35(34-39)38-37(41)33-31-28-8-6-4-2/h35-36,39-40H,3-34H2,1-2H3,(H,38,41). The van der Waals surface area contributed by atoms with E-state index in [9.17, 15) is 15.0 Å². The van der Waals surface area contributed by atoms with Gasteiger partial charge in [-0.1, -0.05) is 194 Å². The van der Waals surface area contributed by atoms with Crippen LogP contribution in [0.4, 0.5) is 0 Å². The zero-order valence-corrected chi connectivity index (χ0v) is 28.1. The van der Waals surface area contributed by atoms with Gasteiger partial charge in [0.2, 0.25) is 5.91 Å². The Morgan fingerprint density at radius 3 is 1.10 bits per heavy atom. The highest BCUT2D eigenvalue weighted by Crippen LogP contribution is 2.16. The molecule has 0 aliphatic carbocycles. The minimum atomic E-state index is -0.649. The van der Waals surface area contributed by atoms with Crippen LogP contribution in [0.1, 0.15) is 213 Å². The highest BCUT2D eigenvalue weighted by molar-refractivity contribution is 5.76. The van der Waals surface area contributed by atoms with Gasteiger partial charge in [-0.3, -0.25) is 4.79 Å². The Kier molecular flexibility index (Phi) is 33.4. The Labute approximate surface area is 257 Å². The van der Waals surface area contributed by atoms with E-state index in [0.29, 0.717) is 12.8 Å². The van der Waals surface area contributed by atoms with Crippen LogP contribution in [-0.4, -0.2) is 34.9 Å². The van der Waals surface area contributed by atoms with Crippen molar-refractivity contribution in [2.24, 2.45) is 0 Å². The van der Waals surface area contributed by atoms with Gasteiger partial charge in [0.05, 0.1) is 18.8 Å². The van der Waals surface area contributed by atoms with Crippen LogP contribution in [-0.2, 0) is 4.79 Å². The minimum absolute atomic E-state index is 0.0424. The number of unbranched alkanes of at least 4 members (excludes halogenated alkanes) is 27. The summed E-state index contributed by atoms with van der Waals surface area (Å²) in [6.45, 7) is 4.29. The van der Waals surface area contributed by atoms with Gasteiger partial charge in [0.25, 0.3) is 0 Å². The largest absolute Gasteiger partial charge is 0.394 e. The Morgan fingerprint density at radius 2 is 0.780 bits per heavy atom. The molecule has 0 radical (unpaired) electrons. The summed E-state index contributed by atoms with van der Waals surface area (Å²) in [5, 5.41) is 22.8. The van der Waals surface area contributed by atoms with Crippen LogP contribution in [0.15, 0.2) is 0 Å². The second-order valence-corrected chi connectivity index (χ2v) is 13.0. The van der Waals surface area contributed by atoms with Crippen molar-refractivity contribution in [3.8, 4) is 0 Å². The summed E-state index contributed by atoms with van der Waals surface area (Å²) in [5.41, 5.74) is 0. The van der Waals surface area contributed by atoms with Crippen LogP contribution in [0, 0.1) is 0 Å². The third-order valence-electron chi connectivity index (χ3n) is 8.87. The summed E-state index contributed by atoms with van der Waals surface area (Å²) >= 11 is 0. The molecular weight excluding hydrogens is 506 g/mol. The molecule has 0 aromatic heterocycles. The summed E-state index contributed by atoms with van der Waals surface area (Å²) in [7, 11) is 0. The Bertz CT molecular complexity index is 512. The fourth-order valence-electron chi connectivity index (χ4n) is 5.95. The van der Waals surface area contributed by atoms with E-state index < -0.39 is 12.1 Å². The Balaban J connectivity index is 3.36. The maximum absolute atomic E-state index is 12.1. The predicted molar refractivity (Wildman–Crippen MR) is 179 cm³/mol. The van der Waals surface area contributed by atoms with Crippen molar-refractivity contribution < 1.29 is 15.0 Å². The number of carbonyl (C=O) groups is 1. The molecule has 1 amide bonds. The smallest absolute Gasteiger partial charge is 0.220 e. The number of hydrogen-bond acceptors (Lipinski definition) is 3. The molecule has 0 fully saturated rings. The maximum atomic E-state index is 12.1. The summed E-state index contributed by atoms with van der Waals surface area (Å²) in [4.78, 5) is 12.1. The van der Waals surface area contributed by atoms with Crippen LogP contribution in [0.3, 0.4) is 0 Å². The van der Waals surface area contributed by atoms with Gasteiger partial charge in [0, 0.05) is 6.42 Å². The van der Waals surface area contributed by atoms with Crippen molar-refractivity contribution in [3.63, 3.8) is 0 Å². The molecule has 4 nitrogen and oxygen atoms in total. The quantitative estimate of drug-likeness (QED) is 0.0662. The first-order valence-corrected chi connectivity index (χ1v) is 18.7. The number of carbonyl (C=O) groups excluding carboxylic acids is 1. The van der Waals surface area contributed by atoms with E-state index in [1.807, 2.05) is 0 Å². The third-order valence-corrected chi connectivity index (χ3v) is 8.87. The molecule has 0 aromatic carbocycles. The van der Waals surface area contributed by atoms with Crippen molar-refractivity contribution in [2.75, 3.05) is 6.61 Å². The summed E-state index contributed by atoms with van der Waals surface area (Å²) in [6.07, 6.45) is 39.2. The van der Waals surface area contributed by atoms with Gasteiger partial charge in [0.1, 0.15) is 0 Å². The predicted octanol–water partition coefficient (Wildman–Crippen LogP) is 11.0. The highest BCUT2D eigenvalue weighted by Gasteiger charge is 2.19. The van der Waals surface area contributed by atoms with Crippen molar-refractivity contribution in [1.29, 1.82) is 0 Å². The minimum Gasteiger partial charge on any atom is -0.394 e. The van der Waals surface area contributed by atoms with Crippen LogP contribution < -0.4 is 5.32 Å². The van der Waals surface area contributed by atoms with Crippen LogP contribution in [0.2, 0.25) is 0 Å². The fraction of sp³-hybridized carbons (Fsp3) is 0.973. The summed E-state index contributed by atoms with van der Waals surface area (Å²) in [6, 6.07) is -0.525. The molecular formula is C37H75NO3. The van der Waals surface area contributed by atoms with E-state index in [4.69, 9.17) is 0 Å². The van der Waals surface area contributed by atoms with Crippen LogP contribution in [0.5, 0.6) is 0 Å². The van der Waals surface area contributed by atoms with E-state index >= 15 is 0 Å². The molecule has 0 rings (SSSR count). The Hall–Kier alpha value is -0.610. The van der Waals surface area contributed by atoms with Gasteiger partial charge in [-0.25, -0.2) is 0 Å². The number of rotatable bonds is 34. The topological polar surface area (TPSA) is 69.6 Å². The molecule has 0 saturated heterocycles. The molecule has 0 aromatic rings. The number of aliphatic hydroxyl groups excluding tert-OH is 2. The van der Waals surface area contributed by atoms with Gasteiger partial charge in [0.15, 0.2) is 0 Å². The first-order valence-electron chi connectivity index (χ1n) is 18.7.